The van der Waals surface area contributed by atoms with Gasteiger partial charge in [0.15, 0.2) is 17.4 Å². The molecule has 1 aromatic rings. The Morgan fingerprint density at radius 1 is 1.31 bits per heavy atom. The normalized spacial score (nSPS) is 9.77. The van der Waals surface area contributed by atoms with Gasteiger partial charge in [0.25, 0.3) is 0 Å². The molecule has 0 bridgehead atoms. The van der Waals surface area contributed by atoms with Crippen molar-refractivity contribution in [3.63, 3.8) is 0 Å². The zero-order chi connectivity index (χ0) is 10.0. The number of rotatable bonds is 2. The largest absolute Gasteiger partial charge is 0.289 e. The first-order valence-electron chi connectivity index (χ1n) is 3.67. The summed E-state index contributed by atoms with van der Waals surface area (Å²) >= 11 is 0. The Kier molecular flexibility index (Phi) is 2.56. The van der Waals surface area contributed by atoms with E-state index in [0.717, 1.165) is 12.1 Å². The number of allylic oxidation sites excluding steroid dienone is 1. The zero-order valence-electron chi connectivity index (χ0n) is 7.10. The molecule has 0 aliphatic rings. The van der Waals surface area contributed by atoms with E-state index in [4.69, 9.17) is 0 Å². The number of benzene rings is 1. The molecular formula is C10H8F2O. The summed E-state index contributed by atoms with van der Waals surface area (Å²) in [6.07, 6.45) is 0. The van der Waals surface area contributed by atoms with Crippen molar-refractivity contribution < 1.29 is 13.6 Å². The van der Waals surface area contributed by atoms with Crippen LogP contribution in [0.15, 0.2) is 30.4 Å². The van der Waals surface area contributed by atoms with Gasteiger partial charge in [-0.3, -0.25) is 4.79 Å². The lowest BCUT2D eigenvalue weighted by atomic mass is 10.1. The smallest absolute Gasteiger partial charge is 0.188 e. The maximum Gasteiger partial charge on any atom is 0.188 e. The van der Waals surface area contributed by atoms with Crippen LogP contribution in [0.5, 0.6) is 0 Å². The van der Waals surface area contributed by atoms with E-state index in [9.17, 15) is 13.6 Å². The van der Waals surface area contributed by atoms with E-state index in [1.807, 2.05) is 0 Å². The standard InChI is InChI=1S/C10H8F2O/c1-6(2)10(13)7-3-4-8(11)9(12)5-7/h3-5H,1H2,2H3. The molecule has 68 valence electrons. The Balaban J connectivity index is 3.11. The zero-order valence-corrected chi connectivity index (χ0v) is 7.10. The van der Waals surface area contributed by atoms with Gasteiger partial charge >= 0.3 is 0 Å². The molecule has 1 aromatic carbocycles. The van der Waals surface area contributed by atoms with Crippen molar-refractivity contribution >= 4 is 5.78 Å². The topological polar surface area (TPSA) is 17.1 Å². The molecule has 0 aliphatic carbocycles. The van der Waals surface area contributed by atoms with Gasteiger partial charge in [-0.1, -0.05) is 6.58 Å². The molecule has 0 N–H and O–H groups in total. The molecule has 0 spiro atoms. The molecule has 0 heterocycles. The van der Waals surface area contributed by atoms with Gasteiger partial charge in [0.2, 0.25) is 0 Å². The number of carbonyl (C=O) groups excluding carboxylic acids is 1. The van der Waals surface area contributed by atoms with Gasteiger partial charge in [-0.25, -0.2) is 8.78 Å². The third-order valence-corrected chi connectivity index (χ3v) is 1.57. The summed E-state index contributed by atoms with van der Waals surface area (Å²) in [5.74, 6) is -2.36. The fourth-order valence-electron chi connectivity index (χ4n) is 0.884. The van der Waals surface area contributed by atoms with E-state index >= 15 is 0 Å². The lowest BCUT2D eigenvalue weighted by Crippen LogP contribution is -2.00. The van der Waals surface area contributed by atoms with Gasteiger partial charge in [-0.05, 0) is 30.7 Å². The maximum atomic E-state index is 12.6. The highest BCUT2D eigenvalue weighted by Gasteiger charge is 2.09. The van der Waals surface area contributed by atoms with Gasteiger partial charge in [0.05, 0.1) is 0 Å². The maximum absolute atomic E-state index is 12.6. The Morgan fingerprint density at radius 2 is 1.92 bits per heavy atom. The second-order valence-corrected chi connectivity index (χ2v) is 2.74. The van der Waals surface area contributed by atoms with Crippen LogP contribution in [0.1, 0.15) is 17.3 Å². The van der Waals surface area contributed by atoms with E-state index in [-0.39, 0.29) is 11.3 Å². The quantitative estimate of drug-likeness (QED) is 0.507. The van der Waals surface area contributed by atoms with Crippen LogP contribution in [0, 0.1) is 11.6 Å². The van der Waals surface area contributed by atoms with Gasteiger partial charge in [-0.15, -0.1) is 0 Å². The van der Waals surface area contributed by atoms with Crippen molar-refractivity contribution in [2.45, 2.75) is 6.92 Å². The molecule has 1 nitrogen and oxygen atoms in total. The molecule has 0 fully saturated rings. The average molecular weight is 182 g/mol. The van der Waals surface area contributed by atoms with E-state index in [1.165, 1.54) is 13.0 Å². The van der Waals surface area contributed by atoms with Crippen LogP contribution in [-0.4, -0.2) is 5.78 Å². The highest BCUT2D eigenvalue weighted by Crippen LogP contribution is 2.11. The predicted molar refractivity (Wildman–Crippen MR) is 45.5 cm³/mol. The molecule has 13 heavy (non-hydrogen) atoms. The lowest BCUT2D eigenvalue weighted by Gasteiger charge is -1.99. The molecule has 0 saturated heterocycles. The minimum Gasteiger partial charge on any atom is -0.289 e. The Labute approximate surface area is 74.7 Å². The summed E-state index contributed by atoms with van der Waals surface area (Å²) in [5.41, 5.74) is 0.414. The Morgan fingerprint density at radius 3 is 2.38 bits per heavy atom. The highest BCUT2D eigenvalue weighted by atomic mass is 19.2. The Hall–Kier alpha value is -1.51. The fraction of sp³-hybridized carbons (Fsp3) is 0.100. The minimum atomic E-state index is -1.02. The minimum absolute atomic E-state index is 0.117. The molecule has 0 unspecified atom stereocenters. The predicted octanol–water partition coefficient (Wildman–Crippen LogP) is 2.72. The molecule has 1 rings (SSSR count). The third-order valence-electron chi connectivity index (χ3n) is 1.57. The second kappa shape index (κ2) is 3.47. The number of ketones is 1. The van der Waals surface area contributed by atoms with Crippen LogP contribution in [0.2, 0.25) is 0 Å². The van der Waals surface area contributed by atoms with Gasteiger partial charge in [0.1, 0.15) is 0 Å². The molecule has 0 saturated carbocycles. The number of halogens is 2. The van der Waals surface area contributed by atoms with Crippen molar-refractivity contribution in [2.75, 3.05) is 0 Å². The third kappa shape index (κ3) is 1.99. The van der Waals surface area contributed by atoms with Gasteiger partial charge < -0.3 is 0 Å². The van der Waals surface area contributed by atoms with Crippen molar-refractivity contribution in [1.82, 2.24) is 0 Å². The molecule has 0 amide bonds. The van der Waals surface area contributed by atoms with E-state index in [2.05, 4.69) is 6.58 Å². The number of hydrogen-bond acceptors (Lipinski definition) is 1. The lowest BCUT2D eigenvalue weighted by molar-refractivity contribution is 0.103. The van der Waals surface area contributed by atoms with Gasteiger partial charge in [-0.2, -0.15) is 0 Å². The highest BCUT2D eigenvalue weighted by molar-refractivity contribution is 6.07. The van der Waals surface area contributed by atoms with E-state index in [0.29, 0.717) is 5.57 Å². The summed E-state index contributed by atoms with van der Waals surface area (Å²) in [7, 11) is 0. The molecule has 3 heteroatoms. The first kappa shape index (κ1) is 9.58. The molecule has 0 aromatic heterocycles. The van der Waals surface area contributed by atoms with Crippen LogP contribution >= 0.6 is 0 Å². The van der Waals surface area contributed by atoms with Gasteiger partial charge in [0, 0.05) is 5.56 Å². The van der Waals surface area contributed by atoms with E-state index in [1.54, 1.807) is 0 Å². The van der Waals surface area contributed by atoms with Crippen LogP contribution in [0.4, 0.5) is 8.78 Å². The van der Waals surface area contributed by atoms with Crippen molar-refractivity contribution in [3.05, 3.63) is 47.5 Å². The number of Topliss-reactive ketones (excluding diaryl/α,β-unsaturated/α-hetero) is 1. The molecule has 0 aliphatic heterocycles. The van der Waals surface area contributed by atoms with Crippen LogP contribution in [0.25, 0.3) is 0 Å². The summed E-state index contributed by atoms with van der Waals surface area (Å²) in [6, 6.07) is 3.02. The summed E-state index contributed by atoms with van der Waals surface area (Å²) in [4.78, 5) is 11.2. The van der Waals surface area contributed by atoms with Crippen LogP contribution in [0.3, 0.4) is 0 Å². The van der Waals surface area contributed by atoms with Crippen LogP contribution < -0.4 is 0 Å². The molecule has 0 atom stereocenters. The summed E-state index contributed by atoms with van der Waals surface area (Å²) in [5, 5.41) is 0. The first-order chi connectivity index (χ1) is 6.02. The van der Waals surface area contributed by atoms with Crippen molar-refractivity contribution in [1.29, 1.82) is 0 Å². The molecule has 0 radical (unpaired) electrons. The van der Waals surface area contributed by atoms with E-state index < -0.39 is 11.6 Å². The monoisotopic (exact) mass is 182 g/mol. The fourth-order valence-corrected chi connectivity index (χ4v) is 0.884. The Bertz CT molecular complexity index is 369. The van der Waals surface area contributed by atoms with Crippen LogP contribution in [-0.2, 0) is 0 Å². The number of hydrogen-bond donors (Lipinski definition) is 0. The first-order valence-corrected chi connectivity index (χ1v) is 3.67. The van der Waals surface area contributed by atoms with Crippen molar-refractivity contribution in [2.24, 2.45) is 0 Å². The number of carbonyl (C=O) groups is 1. The molecular weight excluding hydrogens is 174 g/mol. The summed E-state index contributed by atoms with van der Waals surface area (Å²) in [6.45, 7) is 4.94. The average Bonchev–Trinajstić information content (AvgIpc) is 2.08. The second-order valence-electron chi connectivity index (χ2n) is 2.74. The SMILES string of the molecule is C=C(C)C(=O)c1ccc(F)c(F)c1. The van der Waals surface area contributed by atoms with Crippen molar-refractivity contribution in [3.8, 4) is 0 Å². The summed E-state index contributed by atoms with van der Waals surface area (Å²) < 4.78 is 25.1.